The minimum atomic E-state index is -2.06. The SMILES string of the molecule is CC(C)[Si](C#CC#Cc1c2nc(c(-c3cc(OCCC(C)(C)C)cc(OCCC(C)(C)C)c3)c3ccc(cc4nc(c(-c5cc(OCCC(C)(C)C)cc(OCCC(C)(C)C)c5)c5ccc1[nH]5)C=C4)[nH]3)C=C2)(C(C)C)C(C)C. The first-order valence-corrected chi connectivity index (χ1v) is 30.8. The van der Waals surface area contributed by atoms with Crippen LogP contribution in [0.25, 0.3) is 68.6 Å². The molecule has 78 heavy (non-hydrogen) atoms. The second kappa shape index (κ2) is 24.3. The van der Waals surface area contributed by atoms with Gasteiger partial charge in [0.15, 0.2) is 0 Å². The first-order valence-electron chi connectivity index (χ1n) is 28.5. The molecule has 2 aliphatic rings. The number of hydrogen-bond donors (Lipinski definition) is 2. The third-order valence-electron chi connectivity index (χ3n) is 14.8. The number of fused-ring (bicyclic) bond motifs is 8. The zero-order valence-corrected chi connectivity index (χ0v) is 51.6. The number of nitrogens with zero attached hydrogens (tertiary/aromatic N) is 2. The molecular formula is C69H90N4O4Si. The first kappa shape index (κ1) is 59.2. The molecule has 5 heterocycles. The van der Waals surface area contributed by atoms with Gasteiger partial charge in [-0.3, -0.25) is 0 Å². The summed E-state index contributed by atoms with van der Waals surface area (Å²) in [4.78, 5) is 18.5. The van der Waals surface area contributed by atoms with Crippen LogP contribution in [-0.4, -0.2) is 54.4 Å². The standard InChI is InChI=1S/C69H90N4O4Si/c1-46(2)78(47(3)4,48(5)6)38-20-19-21-57-58-26-28-62(72-58)64(49-39-53(74-34-30-66(7,8)9)44-54(40-49)75-35-31-67(10,11)12)60-24-22-51(70-60)43-52-23-25-61(71-52)65(63-29-27-59(57)73-63)50-41-55(76-36-32-68(13,14)15)45-56(42-50)77-37-33-69(16,17)18/h22-29,39-48,70,73H,30-37H2,1-18H3. The number of benzene rings is 2. The zero-order valence-electron chi connectivity index (χ0n) is 50.6. The van der Waals surface area contributed by atoms with E-state index in [-0.39, 0.29) is 21.7 Å². The highest BCUT2D eigenvalue weighted by Crippen LogP contribution is 2.42. The van der Waals surface area contributed by atoms with Gasteiger partial charge in [-0.2, -0.15) is 0 Å². The number of rotatable bonds is 17. The average molecular weight is 1070 g/mol. The molecule has 0 amide bonds. The molecule has 5 aromatic rings. The van der Waals surface area contributed by atoms with Crippen molar-refractivity contribution in [3.05, 3.63) is 95.1 Å². The lowest BCUT2D eigenvalue weighted by Crippen LogP contribution is -2.43. The summed E-state index contributed by atoms with van der Waals surface area (Å²) in [5.74, 6) is 13.4. The fraction of sp³-hybridized carbons (Fsp3) is 0.478. The van der Waals surface area contributed by atoms with Gasteiger partial charge in [0.05, 0.1) is 60.3 Å². The Balaban J connectivity index is 1.53. The van der Waals surface area contributed by atoms with Gasteiger partial charge < -0.3 is 28.9 Å². The molecule has 0 fully saturated rings. The van der Waals surface area contributed by atoms with Crippen molar-refractivity contribution in [3.8, 4) is 68.6 Å². The summed E-state index contributed by atoms with van der Waals surface area (Å²) in [6.45, 7) is 43.2. The molecule has 7 rings (SSSR count). The molecule has 9 heteroatoms. The fourth-order valence-corrected chi connectivity index (χ4v) is 15.4. The Hall–Kier alpha value is -6.42. The summed E-state index contributed by atoms with van der Waals surface area (Å²) < 4.78 is 26.2. The van der Waals surface area contributed by atoms with Crippen LogP contribution in [0.2, 0.25) is 16.6 Å². The van der Waals surface area contributed by atoms with E-state index in [0.29, 0.717) is 43.1 Å². The lowest BCUT2D eigenvalue weighted by Gasteiger charge is -2.37. The largest absolute Gasteiger partial charge is 0.493 e. The quantitative estimate of drug-likeness (QED) is 0.0697. The van der Waals surface area contributed by atoms with E-state index in [1.165, 1.54) is 0 Å². The Labute approximate surface area is 469 Å². The molecule has 0 atom stereocenters. The van der Waals surface area contributed by atoms with Gasteiger partial charge in [-0.25, -0.2) is 9.97 Å². The third-order valence-corrected chi connectivity index (χ3v) is 21.1. The number of aromatic nitrogens is 4. The van der Waals surface area contributed by atoms with E-state index < -0.39 is 8.07 Å². The van der Waals surface area contributed by atoms with E-state index in [4.69, 9.17) is 28.9 Å². The minimum Gasteiger partial charge on any atom is -0.493 e. The van der Waals surface area contributed by atoms with Crippen LogP contribution >= 0.6 is 0 Å². The maximum atomic E-state index is 6.56. The normalized spacial score (nSPS) is 12.9. The molecule has 0 saturated carbocycles. The molecule has 2 aromatic carbocycles. The molecule has 8 nitrogen and oxygen atoms in total. The smallest absolute Gasteiger partial charge is 0.147 e. The van der Waals surface area contributed by atoms with E-state index in [9.17, 15) is 0 Å². The van der Waals surface area contributed by atoms with Gasteiger partial charge in [0, 0.05) is 39.8 Å². The Morgan fingerprint density at radius 3 is 1.29 bits per heavy atom. The molecule has 8 bridgehead atoms. The first-order chi connectivity index (χ1) is 36.6. The molecule has 0 aliphatic carbocycles. The van der Waals surface area contributed by atoms with Crippen molar-refractivity contribution in [2.75, 3.05) is 26.4 Å². The third kappa shape index (κ3) is 15.9. The maximum Gasteiger partial charge on any atom is 0.147 e. The predicted octanol–water partition coefficient (Wildman–Crippen LogP) is 18.8. The van der Waals surface area contributed by atoms with Gasteiger partial charge in [0.2, 0.25) is 0 Å². The highest BCUT2D eigenvalue weighted by atomic mass is 28.3. The molecule has 0 radical (unpaired) electrons. The molecule has 2 N–H and O–H groups in total. The Kier molecular flexibility index (Phi) is 18.5. The molecule has 3 aromatic heterocycles. The van der Waals surface area contributed by atoms with Gasteiger partial charge in [0.25, 0.3) is 0 Å². The van der Waals surface area contributed by atoms with Crippen LogP contribution < -0.4 is 18.9 Å². The van der Waals surface area contributed by atoms with Crippen molar-refractivity contribution in [2.24, 2.45) is 21.7 Å². The van der Waals surface area contributed by atoms with Crippen molar-refractivity contribution >= 4 is 54.4 Å². The maximum absolute atomic E-state index is 6.56. The fourth-order valence-electron chi connectivity index (χ4n) is 10.2. The van der Waals surface area contributed by atoms with E-state index in [1.54, 1.807) is 0 Å². The highest BCUT2D eigenvalue weighted by Gasteiger charge is 2.41. The molecule has 0 unspecified atom stereocenters. The summed E-state index contributed by atoms with van der Waals surface area (Å²) in [5.41, 5.74) is 16.8. The van der Waals surface area contributed by atoms with Crippen molar-refractivity contribution in [1.29, 1.82) is 0 Å². The van der Waals surface area contributed by atoms with E-state index in [2.05, 4.69) is 237 Å². The summed E-state index contributed by atoms with van der Waals surface area (Å²) >= 11 is 0. The van der Waals surface area contributed by atoms with Crippen LogP contribution in [0.15, 0.2) is 66.7 Å². The number of nitrogens with one attached hydrogen (secondary N) is 2. The lowest BCUT2D eigenvalue weighted by molar-refractivity contribution is 0.233. The van der Waals surface area contributed by atoms with Crippen molar-refractivity contribution in [2.45, 2.75) is 167 Å². The number of H-pyrrole nitrogens is 2. The lowest BCUT2D eigenvalue weighted by atomic mass is 9.93. The van der Waals surface area contributed by atoms with Crippen molar-refractivity contribution < 1.29 is 18.9 Å². The zero-order chi connectivity index (χ0) is 56.8. The molecule has 0 spiro atoms. The van der Waals surface area contributed by atoms with E-state index in [1.807, 2.05) is 12.1 Å². The number of aromatic amines is 2. The predicted molar refractivity (Wildman–Crippen MR) is 334 cm³/mol. The van der Waals surface area contributed by atoms with E-state index in [0.717, 1.165) is 121 Å². The summed E-state index contributed by atoms with van der Waals surface area (Å²) in [6, 6.07) is 23.1. The number of hydrogen-bond acceptors (Lipinski definition) is 6. The summed E-state index contributed by atoms with van der Waals surface area (Å²) in [5, 5.41) is 0. The van der Waals surface area contributed by atoms with Gasteiger partial charge in [0.1, 0.15) is 31.1 Å². The van der Waals surface area contributed by atoms with E-state index >= 15 is 0 Å². The topological polar surface area (TPSA) is 94.3 Å². The van der Waals surface area contributed by atoms with Crippen LogP contribution in [0.1, 0.15) is 179 Å². The minimum absolute atomic E-state index is 0.117. The van der Waals surface area contributed by atoms with Gasteiger partial charge >= 0.3 is 0 Å². The number of ether oxygens (including phenoxy) is 4. The van der Waals surface area contributed by atoms with Crippen LogP contribution in [-0.2, 0) is 0 Å². The van der Waals surface area contributed by atoms with Crippen LogP contribution in [0, 0.1) is 45.0 Å². The molecule has 2 aliphatic heterocycles. The molecular weight excluding hydrogens is 977 g/mol. The van der Waals surface area contributed by atoms with Gasteiger partial charge in [-0.05, 0) is 172 Å². The second-order valence-electron chi connectivity index (χ2n) is 27.3. The summed E-state index contributed by atoms with van der Waals surface area (Å²) in [7, 11) is -2.06. The Morgan fingerprint density at radius 2 is 0.846 bits per heavy atom. The van der Waals surface area contributed by atoms with Crippen molar-refractivity contribution in [3.63, 3.8) is 0 Å². The Bertz CT molecular complexity index is 3110. The second-order valence-corrected chi connectivity index (χ2v) is 32.9. The van der Waals surface area contributed by atoms with Gasteiger partial charge in [-0.1, -0.05) is 125 Å². The Morgan fingerprint density at radius 1 is 0.449 bits per heavy atom. The van der Waals surface area contributed by atoms with Crippen LogP contribution in [0.3, 0.4) is 0 Å². The highest BCUT2D eigenvalue weighted by molar-refractivity contribution is 6.90. The summed E-state index contributed by atoms with van der Waals surface area (Å²) in [6.07, 6.45) is 12.0. The molecule has 0 saturated heterocycles. The molecule has 414 valence electrons. The van der Waals surface area contributed by atoms with Crippen molar-refractivity contribution in [1.82, 2.24) is 19.9 Å². The van der Waals surface area contributed by atoms with Crippen LogP contribution in [0.4, 0.5) is 0 Å². The monoisotopic (exact) mass is 1070 g/mol. The van der Waals surface area contributed by atoms with Gasteiger partial charge in [-0.15, -0.1) is 5.54 Å². The average Bonchev–Trinajstić information content (AvgIpc) is 4.16. The van der Waals surface area contributed by atoms with Crippen LogP contribution in [0.5, 0.6) is 23.0 Å².